The van der Waals surface area contributed by atoms with Crippen molar-refractivity contribution in [2.75, 3.05) is 6.54 Å². The lowest BCUT2D eigenvalue weighted by Crippen LogP contribution is -2.43. The van der Waals surface area contributed by atoms with Gasteiger partial charge in [-0.25, -0.2) is 0 Å². The third kappa shape index (κ3) is 6.28. The van der Waals surface area contributed by atoms with Crippen LogP contribution >= 0.6 is 12.2 Å². The van der Waals surface area contributed by atoms with Gasteiger partial charge in [-0.1, -0.05) is 43.2 Å². The van der Waals surface area contributed by atoms with Gasteiger partial charge in [-0.15, -0.1) is 0 Å². The third-order valence-electron chi connectivity index (χ3n) is 4.33. The highest BCUT2D eigenvalue weighted by Crippen LogP contribution is 2.27. The van der Waals surface area contributed by atoms with Gasteiger partial charge in [-0.05, 0) is 36.5 Å². The summed E-state index contributed by atoms with van der Waals surface area (Å²) in [5.41, 5.74) is 6.31. The van der Waals surface area contributed by atoms with Crippen molar-refractivity contribution in [3.63, 3.8) is 0 Å². The second kappa shape index (κ2) is 9.37. The Morgan fingerprint density at radius 1 is 1.21 bits per heavy atom. The van der Waals surface area contributed by atoms with Crippen molar-refractivity contribution in [1.82, 2.24) is 10.2 Å². The molecule has 1 aliphatic rings. The van der Waals surface area contributed by atoms with Crippen LogP contribution in [0, 0.1) is 5.92 Å². The molecule has 0 spiro atoms. The van der Waals surface area contributed by atoms with Gasteiger partial charge in [0.15, 0.2) is 5.11 Å². The van der Waals surface area contributed by atoms with Gasteiger partial charge in [0.1, 0.15) is 0 Å². The van der Waals surface area contributed by atoms with Crippen molar-refractivity contribution in [2.45, 2.75) is 45.1 Å². The maximum absolute atomic E-state index is 12.2. The second-order valence-electron chi connectivity index (χ2n) is 6.33. The minimum atomic E-state index is -0.381. The van der Waals surface area contributed by atoms with E-state index < -0.39 is 0 Å². The van der Waals surface area contributed by atoms with Crippen molar-refractivity contribution in [3.05, 3.63) is 35.9 Å². The van der Waals surface area contributed by atoms with Crippen LogP contribution in [0.5, 0.6) is 0 Å². The number of nitrogens with two attached hydrogens (primary N) is 1. The summed E-state index contributed by atoms with van der Waals surface area (Å²) in [6, 6.07) is 9.81. The average Bonchev–Trinajstić information content (AvgIpc) is 3.04. The number of carbonyl (C=O) groups is 2. The zero-order chi connectivity index (χ0) is 17.4. The second-order valence-corrected chi connectivity index (χ2v) is 6.72. The number of hydrogen-bond donors (Lipinski definition) is 2. The number of thiocarbonyl (C=S) groups is 1. The predicted octanol–water partition coefficient (Wildman–Crippen LogP) is 2.35. The fourth-order valence-electron chi connectivity index (χ4n) is 3.03. The van der Waals surface area contributed by atoms with Gasteiger partial charge in [0.05, 0.1) is 0 Å². The van der Waals surface area contributed by atoms with Gasteiger partial charge in [0.25, 0.3) is 0 Å². The van der Waals surface area contributed by atoms with E-state index in [0.29, 0.717) is 30.5 Å². The van der Waals surface area contributed by atoms with Gasteiger partial charge in [-0.3, -0.25) is 9.59 Å². The highest BCUT2D eigenvalue weighted by molar-refractivity contribution is 7.80. The van der Waals surface area contributed by atoms with Crippen LogP contribution in [0.25, 0.3) is 0 Å². The first-order valence-corrected chi connectivity index (χ1v) is 8.86. The highest BCUT2D eigenvalue weighted by Gasteiger charge is 2.20. The van der Waals surface area contributed by atoms with Crippen molar-refractivity contribution in [3.8, 4) is 0 Å². The van der Waals surface area contributed by atoms with Gasteiger partial charge in [0.2, 0.25) is 11.8 Å². The molecule has 1 aromatic carbocycles. The maximum atomic E-state index is 12.2. The van der Waals surface area contributed by atoms with E-state index in [1.54, 1.807) is 0 Å². The minimum Gasteiger partial charge on any atom is -0.370 e. The van der Waals surface area contributed by atoms with E-state index in [2.05, 4.69) is 5.32 Å². The van der Waals surface area contributed by atoms with Gasteiger partial charge in [-0.2, -0.15) is 0 Å². The number of benzene rings is 1. The highest BCUT2D eigenvalue weighted by atomic mass is 32.1. The first-order chi connectivity index (χ1) is 11.5. The van der Waals surface area contributed by atoms with E-state index in [1.807, 2.05) is 35.2 Å². The molecule has 3 N–H and O–H groups in total. The Morgan fingerprint density at radius 3 is 2.50 bits per heavy atom. The summed E-state index contributed by atoms with van der Waals surface area (Å²) in [7, 11) is 0. The summed E-state index contributed by atoms with van der Waals surface area (Å²) in [4.78, 5) is 25.1. The van der Waals surface area contributed by atoms with Crippen LogP contribution in [-0.2, 0) is 16.1 Å². The number of nitrogens with one attached hydrogen (secondary N) is 1. The molecule has 0 bridgehead atoms. The normalized spacial score (nSPS) is 14.3. The molecule has 1 saturated carbocycles. The number of primary amides is 1. The third-order valence-corrected chi connectivity index (χ3v) is 4.69. The molecule has 6 heteroatoms. The Morgan fingerprint density at radius 2 is 1.88 bits per heavy atom. The van der Waals surface area contributed by atoms with Crippen molar-refractivity contribution >= 4 is 29.1 Å². The van der Waals surface area contributed by atoms with Crippen LogP contribution in [0.2, 0.25) is 0 Å². The van der Waals surface area contributed by atoms with Crippen LogP contribution in [0.4, 0.5) is 0 Å². The molecule has 1 fully saturated rings. The minimum absolute atomic E-state index is 0.0379. The molecule has 24 heavy (non-hydrogen) atoms. The molecule has 2 rings (SSSR count). The summed E-state index contributed by atoms with van der Waals surface area (Å²) in [6.07, 6.45) is 5.38. The Balaban J connectivity index is 1.92. The Bertz CT molecular complexity index is 571. The average molecular weight is 347 g/mol. The molecule has 0 aromatic heterocycles. The first kappa shape index (κ1) is 18.4. The zero-order valence-corrected chi connectivity index (χ0v) is 14.7. The molecule has 1 aromatic rings. The van der Waals surface area contributed by atoms with Gasteiger partial charge < -0.3 is 16.0 Å². The van der Waals surface area contributed by atoms with Gasteiger partial charge in [0, 0.05) is 25.9 Å². The van der Waals surface area contributed by atoms with E-state index in [4.69, 9.17) is 18.0 Å². The molecule has 1 aliphatic carbocycles. The Kier molecular flexibility index (Phi) is 7.18. The summed E-state index contributed by atoms with van der Waals surface area (Å²) >= 11 is 5.39. The number of rotatable bonds is 7. The SMILES string of the molecule is NC(=O)CCN(Cc1ccccc1)C(=S)NC(=O)CC1CCCC1. The fraction of sp³-hybridized carbons (Fsp3) is 0.500. The molecule has 0 unspecified atom stereocenters. The quantitative estimate of drug-likeness (QED) is 0.743. The summed E-state index contributed by atoms with van der Waals surface area (Å²) in [5.74, 6) is 0.0539. The summed E-state index contributed by atoms with van der Waals surface area (Å²) in [5, 5.41) is 3.18. The smallest absolute Gasteiger partial charge is 0.226 e. The largest absolute Gasteiger partial charge is 0.370 e. The van der Waals surface area contributed by atoms with E-state index in [-0.39, 0.29) is 18.2 Å². The standard InChI is InChI=1S/C18H25N3O2S/c19-16(22)10-11-21(13-15-8-2-1-3-9-15)18(24)20-17(23)12-14-6-4-5-7-14/h1-3,8-9,14H,4-7,10-13H2,(H2,19,22)(H,20,23,24). The molecular formula is C18H25N3O2S. The van der Waals surface area contributed by atoms with Crippen LogP contribution < -0.4 is 11.1 Å². The summed E-state index contributed by atoms with van der Waals surface area (Å²) < 4.78 is 0. The van der Waals surface area contributed by atoms with Gasteiger partial charge >= 0.3 is 0 Å². The maximum Gasteiger partial charge on any atom is 0.226 e. The number of nitrogens with zero attached hydrogens (tertiary/aromatic N) is 1. The molecular weight excluding hydrogens is 322 g/mol. The van der Waals surface area contributed by atoms with Crippen molar-refractivity contribution < 1.29 is 9.59 Å². The molecule has 0 heterocycles. The topological polar surface area (TPSA) is 75.4 Å². The first-order valence-electron chi connectivity index (χ1n) is 8.45. The molecule has 2 amide bonds. The van der Waals surface area contributed by atoms with Crippen LogP contribution in [0.3, 0.4) is 0 Å². The van der Waals surface area contributed by atoms with E-state index >= 15 is 0 Å². The zero-order valence-electron chi connectivity index (χ0n) is 13.9. The Labute approximate surface area is 148 Å². The summed E-state index contributed by atoms with van der Waals surface area (Å²) in [6.45, 7) is 0.934. The molecule has 0 radical (unpaired) electrons. The molecule has 130 valence electrons. The molecule has 5 nitrogen and oxygen atoms in total. The van der Waals surface area contributed by atoms with Crippen molar-refractivity contribution in [1.29, 1.82) is 0 Å². The van der Waals surface area contributed by atoms with Crippen LogP contribution in [0.15, 0.2) is 30.3 Å². The monoisotopic (exact) mass is 347 g/mol. The van der Waals surface area contributed by atoms with Crippen LogP contribution in [0.1, 0.15) is 44.1 Å². The Hall–Kier alpha value is -1.95. The molecule has 0 saturated heterocycles. The predicted molar refractivity (Wildman–Crippen MR) is 98.0 cm³/mol. The number of carbonyl (C=O) groups excluding carboxylic acids is 2. The molecule has 0 atom stereocenters. The molecule has 0 aliphatic heterocycles. The van der Waals surface area contributed by atoms with E-state index in [1.165, 1.54) is 12.8 Å². The lowest BCUT2D eigenvalue weighted by molar-refractivity contribution is -0.120. The number of hydrogen-bond acceptors (Lipinski definition) is 3. The fourth-order valence-corrected chi connectivity index (χ4v) is 3.30. The lowest BCUT2D eigenvalue weighted by atomic mass is 10.0. The van der Waals surface area contributed by atoms with E-state index in [9.17, 15) is 9.59 Å². The van der Waals surface area contributed by atoms with E-state index in [0.717, 1.165) is 18.4 Å². The lowest BCUT2D eigenvalue weighted by Gasteiger charge is -2.25. The number of amides is 2. The van der Waals surface area contributed by atoms with Crippen molar-refractivity contribution in [2.24, 2.45) is 11.7 Å². The van der Waals surface area contributed by atoms with Crippen LogP contribution in [-0.4, -0.2) is 28.4 Å².